The van der Waals surface area contributed by atoms with Crippen molar-refractivity contribution in [1.29, 1.82) is 0 Å². The Morgan fingerprint density at radius 1 is 1.00 bits per heavy atom. The Bertz CT molecular complexity index is 1280. The Labute approximate surface area is 184 Å². The second-order valence-corrected chi connectivity index (χ2v) is 8.50. The normalized spacial score (nSPS) is 17.0. The number of cyclic esters (lactones) is 2. The number of hydrogen-bond acceptors (Lipinski definition) is 7. The van der Waals surface area contributed by atoms with Crippen LogP contribution in [0.4, 0.5) is 0 Å². The van der Waals surface area contributed by atoms with Crippen molar-refractivity contribution in [3.05, 3.63) is 69.5 Å². The topological polar surface area (TPSA) is 86.6 Å². The molecule has 0 saturated carbocycles. The zero-order chi connectivity index (χ0) is 21.8. The fourth-order valence-corrected chi connectivity index (χ4v) is 4.72. The minimum absolute atomic E-state index is 0.219. The van der Waals surface area contributed by atoms with E-state index >= 15 is 0 Å². The van der Waals surface area contributed by atoms with E-state index in [1.807, 2.05) is 28.9 Å². The molecule has 0 atom stereocenters. The first-order chi connectivity index (χ1) is 15.6. The molecule has 0 amide bonds. The highest BCUT2D eigenvalue weighted by Crippen LogP contribution is 2.28. The van der Waals surface area contributed by atoms with E-state index in [0.29, 0.717) is 30.2 Å². The maximum absolute atomic E-state index is 11.8. The molecule has 1 aromatic heterocycles. The minimum atomic E-state index is -0.267. The van der Waals surface area contributed by atoms with E-state index in [2.05, 4.69) is 16.9 Å². The number of benzene rings is 2. The summed E-state index contributed by atoms with van der Waals surface area (Å²) >= 11 is 0. The molecule has 0 N–H and O–H groups in total. The minimum Gasteiger partial charge on any atom is -0.457 e. The van der Waals surface area contributed by atoms with Gasteiger partial charge in [0.25, 0.3) is 0 Å². The molecule has 162 valence electrons. The molecule has 0 unspecified atom stereocenters. The summed E-state index contributed by atoms with van der Waals surface area (Å²) in [6.07, 6.45) is 0.910. The van der Waals surface area contributed by atoms with E-state index in [1.54, 1.807) is 6.07 Å². The number of nitrogens with zero attached hydrogens (tertiary/aromatic N) is 4. The quantitative estimate of drug-likeness (QED) is 0.588. The monoisotopic (exact) mass is 430 g/mol. The molecule has 3 aliphatic rings. The lowest BCUT2D eigenvalue weighted by atomic mass is 9.96. The highest BCUT2D eigenvalue weighted by molar-refractivity contribution is 5.94. The van der Waals surface area contributed by atoms with Crippen molar-refractivity contribution in [2.75, 3.05) is 13.1 Å². The van der Waals surface area contributed by atoms with E-state index in [9.17, 15) is 9.59 Å². The molecule has 0 spiro atoms. The van der Waals surface area contributed by atoms with Gasteiger partial charge in [0, 0.05) is 29.8 Å². The van der Waals surface area contributed by atoms with Gasteiger partial charge in [-0.15, -0.1) is 0 Å². The van der Waals surface area contributed by atoms with Crippen LogP contribution in [-0.4, -0.2) is 44.7 Å². The van der Waals surface area contributed by atoms with Crippen molar-refractivity contribution in [3.63, 3.8) is 0 Å². The van der Waals surface area contributed by atoms with Gasteiger partial charge in [0.1, 0.15) is 19.0 Å². The average Bonchev–Trinajstić information content (AvgIpc) is 3.50. The van der Waals surface area contributed by atoms with Crippen molar-refractivity contribution < 1.29 is 19.1 Å². The molecule has 6 rings (SSSR count). The van der Waals surface area contributed by atoms with Gasteiger partial charge in [-0.05, 0) is 42.7 Å². The summed E-state index contributed by atoms with van der Waals surface area (Å²) in [6, 6.07) is 9.57. The second-order valence-electron chi connectivity index (χ2n) is 8.50. The van der Waals surface area contributed by atoms with E-state index in [1.165, 1.54) is 5.56 Å². The van der Waals surface area contributed by atoms with E-state index in [0.717, 1.165) is 60.7 Å². The van der Waals surface area contributed by atoms with Gasteiger partial charge in [-0.3, -0.25) is 4.90 Å². The maximum Gasteiger partial charge on any atom is 0.338 e. The van der Waals surface area contributed by atoms with E-state index in [4.69, 9.17) is 14.5 Å². The van der Waals surface area contributed by atoms with Crippen LogP contribution in [0.5, 0.6) is 0 Å². The Morgan fingerprint density at radius 2 is 1.81 bits per heavy atom. The predicted octanol–water partition coefficient (Wildman–Crippen LogP) is 2.65. The summed E-state index contributed by atoms with van der Waals surface area (Å²) in [7, 11) is 0. The summed E-state index contributed by atoms with van der Waals surface area (Å²) < 4.78 is 12.2. The van der Waals surface area contributed by atoms with Crippen LogP contribution in [0, 0.1) is 6.92 Å². The SMILES string of the molecule is Cc1c(CCN2CCn3nc(-c4ccc5c(c4)COC5=O)nc3C2)ccc2c1COC2=O. The standard InChI is InChI=1S/C24H22N4O4/c1-14-15(2-5-19-20(14)13-32-24(19)30)6-7-27-8-9-28-21(11-27)25-22(26-28)16-3-4-18-17(10-16)12-31-23(18)29/h2-5,10H,6-9,11-13H2,1H3. The summed E-state index contributed by atoms with van der Waals surface area (Å²) in [5.74, 6) is 1.15. The fourth-order valence-electron chi connectivity index (χ4n) is 4.72. The molecular weight excluding hydrogens is 408 g/mol. The van der Waals surface area contributed by atoms with Crippen LogP contribution in [0.2, 0.25) is 0 Å². The van der Waals surface area contributed by atoms with Crippen LogP contribution >= 0.6 is 0 Å². The molecule has 0 radical (unpaired) electrons. The lowest BCUT2D eigenvalue weighted by Crippen LogP contribution is -2.35. The van der Waals surface area contributed by atoms with Crippen molar-refractivity contribution >= 4 is 11.9 Å². The summed E-state index contributed by atoms with van der Waals surface area (Å²) in [5.41, 5.74) is 6.56. The molecule has 32 heavy (non-hydrogen) atoms. The van der Waals surface area contributed by atoms with Gasteiger partial charge in [0.05, 0.1) is 24.2 Å². The number of ether oxygens (including phenoxy) is 2. The predicted molar refractivity (Wildman–Crippen MR) is 114 cm³/mol. The summed E-state index contributed by atoms with van der Waals surface area (Å²) in [4.78, 5) is 30.6. The number of fused-ring (bicyclic) bond motifs is 3. The fraction of sp³-hybridized carbons (Fsp3) is 0.333. The first kappa shape index (κ1) is 19.2. The van der Waals surface area contributed by atoms with E-state index in [-0.39, 0.29) is 11.9 Å². The highest BCUT2D eigenvalue weighted by atomic mass is 16.5. The number of carbonyl (C=O) groups is 2. The molecule has 0 fully saturated rings. The van der Waals surface area contributed by atoms with E-state index < -0.39 is 0 Å². The molecule has 8 heteroatoms. The molecule has 4 heterocycles. The van der Waals surface area contributed by atoms with Gasteiger partial charge in [-0.2, -0.15) is 5.10 Å². The number of hydrogen-bond donors (Lipinski definition) is 0. The largest absolute Gasteiger partial charge is 0.457 e. The lowest BCUT2D eigenvalue weighted by molar-refractivity contribution is 0.0526. The first-order valence-corrected chi connectivity index (χ1v) is 10.8. The Kier molecular flexibility index (Phi) is 4.36. The van der Waals surface area contributed by atoms with Gasteiger partial charge in [0.15, 0.2) is 5.82 Å². The number of aromatic nitrogens is 3. The lowest BCUT2D eigenvalue weighted by Gasteiger charge is -2.26. The van der Waals surface area contributed by atoms with Crippen LogP contribution < -0.4 is 0 Å². The number of esters is 2. The third-order valence-corrected chi connectivity index (χ3v) is 6.66. The smallest absolute Gasteiger partial charge is 0.338 e. The third kappa shape index (κ3) is 3.10. The molecular formula is C24H22N4O4. The molecule has 0 bridgehead atoms. The van der Waals surface area contributed by atoms with Gasteiger partial charge < -0.3 is 9.47 Å². The van der Waals surface area contributed by atoms with Crippen molar-refractivity contribution in [2.24, 2.45) is 0 Å². The van der Waals surface area contributed by atoms with Crippen LogP contribution in [0.1, 0.15) is 48.8 Å². The van der Waals surface area contributed by atoms with Gasteiger partial charge in [0.2, 0.25) is 0 Å². The number of rotatable bonds is 4. The highest BCUT2D eigenvalue weighted by Gasteiger charge is 2.26. The van der Waals surface area contributed by atoms with Crippen LogP contribution in [0.3, 0.4) is 0 Å². The third-order valence-electron chi connectivity index (χ3n) is 6.66. The zero-order valence-corrected chi connectivity index (χ0v) is 17.8. The zero-order valence-electron chi connectivity index (χ0n) is 17.8. The summed E-state index contributed by atoms with van der Waals surface area (Å²) in [5, 5.41) is 4.69. The second kappa shape index (κ2) is 7.27. The van der Waals surface area contributed by atoms with Crippen LogP contribution in [-0.2, 0) is 42.2 Å². The molecule has 0 saturated heterocycles. The van der Waals surface area contributed by atoms with Gasteiger partial charge in [-0.1, -0.05) is 12.1 Å². The van der Waals surface area contributed by atoms with Gasteiger partial charge in [-0.25, -0.2) is 19.3 Å². The molecule has 2 aromatic carbocycles. The van der Waals surface area contributed by atoms with Gasteiger partial charge >= 0.3 is 11.9 Å². The Hall–Kier alpha value is -3.52. The average molecular weight is 430 g/mol. The first-order valence-electron chi connectivity index (χ1n) is 10.8. The summed E-state index contributed by atoms with van der Waals surface area (Å²) in [6.45, 7) is 6.12. The molecule has 8 nitrogen and oxygen atoms in total. The molecule has 3 aliphatic heterocycles. The Balaban J connectivity index is 1.16. The number of carbonyl (C=O) groups excluding carboxylic acids is 2. The molecule has 3 aromatic rings. The van der Waals surface area contributed by atoms with Crippen molar-refractivity contribution in [2.45, 2.75) is 39.6 Å². The van der Waals surface area contributed by atoms with Crippen LogP contribution in [0.25, 0.3) is 11.4 Å². The van der Waals surface area contributed by atoms with Crippen LogP contribution in [0.15, 0.2) is 30.3 Å². The van der Waals surface area contributed by atoms with Crippen molar-refractivity contribution in [3.8, 4) is 11.4 Å². The maximum atomic E-state index is 11.8. The Morgan fingerprint density at radius 3 is 2.72 bits per heavy atom. The molecule has 0 aliphatic carbocycles. The van der Waals surface area contributed by atoms with Crippen molar-refractivity contribution in [1.82, 2.24) is 19.7 Å².